The molecule has 1 aliphatic rings. The Bertz CT molecular complexity index is 993. The zero-order valence-corrected chi connectivity index (χ0v) is 15.0. The predicted molar refractivity (Wildman–Crippen MR) is 104 cm³/mol. The highest BCUT2D eigenvalue weighted by Crippen LogP contribution is 2.33. The molecule has 2 aromatic carbocycles. The van der Waals surface area contributed by atoms with Crippen LogP contribution < -0.4 is 15.4 Å². The minimum atomic E-state index is -0.213. The van der Waals surface area contributed by atoms with Crippen molar-refractivity contribution < 1.29 is 9.53 Å². The van der Waals surface area contributed by atoms with Gasteiger partial charge in [-0.05, 0) is 29.3 Å². The number of allylic oxidation sites excluding steroid dienone is 1. The fourth-order valence-electron chi connectivity index (χ4n) is 3.03. The third-order valence-corrected chi connectivity index (χ3v) is 4.30. The van der Waals surface area contributed by atoms with Crippen molar-refractivity contribution in [3.63, 3.8) is 0 Å². The highest BCUT2D eigenvalue weighted by Gasteiger charge is 2.25. The van der Waals surface area contributed by atoms with Crippen molar-refractivity contribution in [2.45, 2.75) is 13.0 Å². The van der Waals surface area contributed by atoms with Gasteiger partial charge >= 0.3 is 0 Å². The summed E-state index contributed by atoms with van der Waals surface area (Å²) in [6.45, 7) is 1.43. The van der Waals surface area contributed by atoms with Crippen molar-refractivity contribution in [2.75, 3.05) is 17.7 Å². The van der Waals surface area contributed by atoms with Gasteiger partial charge < -0.3 is 10.1 Å². The molecule has 0 unspecified atom stereocenters. The Kier molecular flexibility index (Phi) is 4.33. The van der Waals surface area contributed by atoms with Crippen molar-refractivity contribution in [2.24, 2.45) is 0 Å². The number of hydrogen-bond acceptors (Lipinski definition) is 5. The maximum atomic E-state index is 11.4. The zero-order chi connectivity index (χ0) is 18.8. The Morgan fingerprint density at radius 2 is 1.89 bits per heavy atom. The number of hydrogen-bond donors (Lipinski definition) is 2. The number of carbonyl (C=O) groups excluding carboxylic acids is 1. The number of rotatable bonds is 4. The Hall–Kier alpha value is -3.61. The second-order valence-corrected chi connectivity index (χ2v) is 6.17. The molecule has 7 heteroatoms. The second kappa shape index (κ2) is 6.95. The summed E-state index contributed by atoms with van der Waals surface area (Å²) in [5.41, 5.74) is 3.02. The van der Waals surface area contributed by atoms with Crippen LogP contribution in [0.5, 0.6) is 5.75 Å². The van der Waals surface area contributed by atoms with Gasteiger partial charge in [0.05, 0.1) is 7.11 Å². The van der Waals surface area contributed by atoms with Crippen LogP contribution in [0.25, 0.3) is 5.70 Å². The summed E-state index contributed by atoms with van der Waals surface area (Å²) < 4.78 is 7.02. The number of nitrogens with one attached hydrogen (secondary N) is 2. The maximum Gasteiger partial charge on any atom is 0.250 e. The number of carbonyl (C=O) groups is 1. The molecule has 1 atom stereocenters. The number of nitrogens with zero attached hydrogens (tertiary/aromatic N) is 3. The largest absolute Gasteiger partial charge is 0.497 e. The summed E-state index contributed by atoms with van der Waals surface area (Å²) in [6.07, 6.45) is 2.09. The average Bonchev–Trinajstić information content (AvgIpc) is 3.09. The number of methoxy groups -OCH3 is 1. The highest BCUT2D eigenvalue weighted by molar-refractivity contribution is 5.87. The molecular weight excluding hydrogens is 342 g/mol. The number of aromatic nitrogens is 3. The van der Waals surface area contributed by atoms with E-state index in [9.17, 15) is 4.79 Å². The van der Waals surface area contributed by atoms with Crippen LogP contribution >= 0.6 is 0 Å². The van der Waals surface area contributed by atoms with Crippen LogP contribution in [0.15, 0.2) is 60.7 Å². The number of amides is 1. The van der Waals surface area contributed by atoms with Crippen molar-refractivity contribution in [3.8, 4) is 5.75 Å². The first kappa shape index (κ1) is 16.8. The van der Waals surface area contributed by atoms with Crippen molar-refractivity contribution in [1.82, 2.24) is 14.8 Å². The summed E-state index contributed by atoms with van der Waals surface area (Å²) >= 11 is 0. The van der Waals surface area contributed by atoms with Gasteiger partial charge in [0.2, 0.25) is 11.9 Å². The van der Waals surface area contributed by atoms with Crippen molar-refractivity contribution in [1.29, 1.82) is 0 Å². The van der Waals surface area contributed by atoms with E-state index in [4.69, 9.17) is 4.74 Å². The Labute approximate surface area is 156 Å². The number of benzene rings is 2. The van der Waals surface area contributed by atoms with E-state index in [2.05, 4.69) is 26.8 Å². The lowest BCUT2D eigenvalue weighted by Crippen LogP contribution is -2.20. The molecule has 2 heterocycles. The molecule has 3 aromatic rings. The summed E-state index contributed by atoms with van der Waals surface area (Å²) in [6, 6.07) is 17.7. The van der Waals surface area contributed by atoms with E-state index >= 15 is 0 Å². The van der Waals surface area contributed by atoms with E-state index in [0.29, 0.717) is 5.95 Å². The molecule has 0 saturated carbocycles. The standard InChI is InChI=1S/C20H19N5O2/c1-13(26)21-19-23-20-22-17(14-6-4-3-5-7-14)12-18(25(20)24-19)15-8-10-16(27-2)11-9-15/h3-12,18H,1-2H3,(H2,21,22,23,24,26)/t18-/m1/s1. The fourth-order valence-corrected chi connectivity index (χ4v) is 3.03. The van der Waals surface area contributed by atoms with Crippen LogP contribution in [0.4, 0.5) is 11.9 Å². The lowest BCUT2D eigenvalue weighted by Gasteiger charge is -2.24. The van der Waals surface area contributed by atoms with Crippen LogP contribution in [-0.4, -0.2) is 27.8 Å². The van der Waals surface area contributed by atoms with E-state index in [1.54, 1.807) is 11.8 Å². The molecule has 136 valence electrons. The highest BCUT2D eigenvalue weighted by atomic mass is 16.5. The fraction of sp³-hybridized carbons (Fsp3) is 0.150. The zero-order valence-electron chi connectivity index (χ0n) is 15.0. The van der Waals surface area contributed by atoms with Gasteiger partial charge in [-0.15, -0.1) is 5.10 Å². The molecule has 27 heavy (non-hydrogen) atoms. The summed E-state index contributed by atoms with van der Waals surface area (Å²) in [4.78, 5) is 15.8. The topological polar surface area (TPSA) is 81.1 Å². The van der Waals surface area contributed by atoms with Crippen molar-refractivity contribution >= 4 is 23.5 Å². The minimum absolute atomic E-state index is 0.169. The van der Waals surface area contributed by atoms with Crippen LogP contribution in [0.3, 0.4) is 0 Å². The third-order valence-electron chi connectivity index (χ3n) is 4.30. The summed E-state index contributed by atoms with van der Waals surface area (Å²) in [7, 11) is 1.64. The third kappa shape index (κ3) is 3.39. The molecule has 0 aliphatic carbocycles. The van der Waals surface area contributed by atoms with Gasteiger partial charge in [0.15, 0.2) is 0 Å². The Balaban J connectivity index is 1.78. The summed E-state index contributed by atoms with van der Waals surface area (Å²) in [5, 5.41) is 10.4. The molecule has 4 rings (SSSR count). The van der Waals surface area contributed by atoms with E-state index in [1.807, 2.05) is 54.6 Å². The van der Waals surface area contributed by atoms with E-state index < -0.39 is 0 Å². The predicted octanol–water partition coefficient (Wildman–Crippen LogP) is 3.30. The van der Waals surface area contributed by atoms with Crippen LogP contribution in [0.2, 0.25) is 0 Å². The molecule has 0 bridgehead atoms. The van der Waals surface area contributed by atoms with Gasteiger partial charge in [-0.2, -0.15) is 4.98 Å². The van der Waals surface area contributed by atoms with E-state index in [1.165, 1.54) is 6.92 Å². The first-order valence-corrected chi connectivity index (χ1v) is 8.56. The molecule has 1 aromatic heterocycles. The lowest BCUT2D eigenvalue weighted by molar-refractivity contribution is -0.114. The summed E-state index contributed by atoms with van der Waals surface area (Å²) in [5.74, 6) is 1.42. The van der Waals surface area contributed by atoms with Gasteiger partial charge in [-0.1, -0.05) is 42.5 Å². The molecule has 0 saturated heterocycles. The van der Waals surface area contributed by atoms with Gasteiger partial charge in [-0.25, -0.2) is 4.68 Å². The molecule has 0 radical (unpaired) electrons. The Morgan fingerprint density at radius 3 is 2.56 bits per heavy atom. The number of fused-ring (bicyclic) bond motifs is 1. The van der Waals surface area contributed by atoms with E-state index in [-0.39, 0.29) is 17.9 Å². The average molecular weight is 361 g/mol. The Morgan fingerprint density at radius 1 is 1.15 bits per heavy atom. The molecule has 7 nitrogen and oxygen atoms in total. The second-order valence-electron chi connectivity index (χ2n) is 6.17. The van der Waals surface area contributed by atoms with Crippen LogP contribution in [0, 0.1) is 0 Å². The smallest absolute Gasteiger partial charge is 0.250 e. The SMILES string of the molecule is COc1ccc([C@H]2C=C(c3ccccc3)Nc3nc(NC(C)=O)nn32)cc1. The first-order chi connectivity index (χ1) is 13.1. The van der Waals surface area contributed by atoms with Gasteiger partial charge in [0.25, 0.3) is 5.95 Å². The van der Waals surface area contributed by atoms with Crippen LogP contribution in [0.1, 0.15) is 24.1 Å². The van der Waals surface area contributed by atoms with Crippen molar-refractivity contribution in [3.05, 3.63) is 71.8 Å². The van der Waals surface area contributed by atoms with Crippen LogP contribution in [-0.2, 0) is 4.79 Å². The van der Waals surface area contributed by atoms with Gasteiger partial charge in [-0.3, -0.25) is 10.1 Å². The quantitative estimate of drug-likeness (QED) is 0.745. The molecule has 0 fully saturated rings. The molecule has 2 N–H and O–H groups in total. The number of ether oxygens (including phenoxy) is 1. The number of anilines is 2. The first-order valence-electron chi connectivity index (χ1n) is 8.56. The molecular formula is C20H19N5O2. The molecule has 1 amide bonds. The maximum absolute atomic E-state index is 11.4. The molecule has 0 spiro atoms. The molecule has 1 aliphatic heterocycles. The normalized spacial score (nSPS) is 15.3. The monoisotopic (exact) mass is 361 g/mol. The minimum Gasteiger partial charge on any atom is -0.497 e. The van der Waals surface area contributed by atoms with Gasteiger partial charge in [0.1, 0.15) is 11.8 Å². The van der Waals surface area contributed by atoms with Gasteiger partial charge in [0, 0.05) is 12.6 Å². The lowest BCUT2D eigenvalue weighted by atomic mass is 10.0. The van der Waals surface area contributed by atoms with E-state index in [0.717, 1.165) is 22.6 Å².